The maximum absolute atomic E-state index is 13.5. The van der Waals surface area contributed by atoms with Crippen LogP contribution in [0.3, 0.4) is 0 Å². The zero-order chi connectivity index (χ0) is 22.0. The van der Waals surface area contributed by atoms with Crippen molar-refractivity contribution in [3.8, 4) is 5.75 Å². The molecule has 2 aromatic carbocycles. The summed E-state index contributed by atoms with van der Waals surface area (Å²) in [6.07, 6.45) is 0. The van der Waals surface area contributed by atoms with Crippen LogP contribution in [-0.4, -0.2) is 11.1 Å². The minimum Gasteiger partial charge on any atom is -0.458 e. The molecular formula is C23H18FNO6. The van der Waals surface area contributed by atoms with Gasteiger partial charge in [0.25, 0.3) is 0 Å². The van der Waals surface area contributed by atoms with E-state index in [1.54, 1.807) is 12.1 Å². The molecule has 1 aliphatic rings. The second kappa shape index (κ2) is 8.45. The first-order valence-corrected chi connectivity index (χ1v) is 9.39. The van der Waals surface area contributed by atoms with Crippen LogP contribution in [0.2, 0.25) is 0 Å². The number of aliphatic hydroxyl groups excluding tert-OH is 1. The van der Waals surface area contributed by atoms with Gasteiger partial charge in [-0.2, -0.15) is 0 Å². The highest BCUT2D eigenvalue weighted by atomic mass is 19.1. The van der Waals surface area contributed by atoms with Crippen molar-refractivity contribution in [3.05, 3.63) is 111 Å². The molecule has 0 spiro atoms. The molecule has 7 nitrogen and oxygen atoms in total. The fourth-order valence-corrected chi connectivity index (χ4v) is 3.35. The van der Waals surface area contributed by atoms with Crippen LogP contribution in [0.15, 0.2) is 81.3 Å². The van der Waals surface area contributed by atoms with Gasteiger partial charge in [0.1, 0.15) is 30.4 Å². The molecule has 8 heteroatoms. The van der Waals surface area contributed by atoms with Crippen LogP contribution in [0.4, 0.5) is 4.39 Å². The summed E-state index contributed by atoms with van der Waals surface area (Å²) in [4.78, 5) is 25.5. The number of esters is 1. The zero-order valence-electron chi connectivity index (χ0n) is 16.2. The molecule has 1 atom stereocenters. The Morgan fingerprint density at radius 2 is 1.84 bits per heavy atom. The second-order valence-corrected chi connectivity index (χ2v) is 6.85. The Hall–Kier alpha value is -3.91. The number of rotatable bonds is 5. The lowest BCUT2D eigenvalue weighted by atomic mass is 9.86. The summed E-state index contributed by atoms with van der Waals surface area (Å²) >= 11 is 0. The van der Waals surface area contributed by atoms with E-state index in [1.165, 1.54) is 24.3 Å². The van der Waals surface area contributed by atoms with Crippen molar-refractivity contribution in [1.82, 2.24) is 0 Å². The summed E-state index contributed by atoms with van der Waals surface area (Å²) in [6, 6.07) is 15.4. The smallest absolute Gasteiger partial charge is 0.340 e. The Morgan fingerprint density at radius 3 is 2.52 bits per heavy atom. The van der Waals surface area contributed by atoms with Gasteiger partial charge in [-0.05, 0) is 23.3 Å². The Balaban J connectivity index is 1.78. The van der Waals surface area contributed by atoms with Gasteiger partial charge in [0.05, 0.1) is 5.92 Å². The molecule has 0 unspecified atom stereocenters. The number of nitrogens with two attached hydrogens (primary N) is 1. The van der Waals surface area contributed by atoms with Gasteiger partial charge < -0.3 is 24.7 Å². The van der Waals surface area contributed by atoms with Crippen molar-refractivity contribution in [1.29, 1.82) is 0 Å². The Labute approximate surface area is 176 Å². The van der Waals surface area contributed by atoms with Crippen LogP contribution in [0, 0.1) is 5.82 Å². The molecule has 31 heavy (non-hydrogen) atoms. The largest absolute Gasteiger partial charge is 0.458 e. The number of hydrogen-bond donors (Lipinski definition) is 2. The van der Waals surface area contributed by atoms with E-state index in [-0.39, 0.29) is 35.3 Å². The van der Waals surface area contributed by atoms with Crippen molar-refractivity contribution < 1.29 is 28.2 Å². The molecule has 0 bridgehead atoms. The standard InChI is InChI=1S/C23H18FNO6/c24-15-8-6-14(7-9-15)18-19(23(28)29-12-13-4-2-1-3-5-13)22(25)31-20-17(27)10-16(11-26)30-21(18)20/h1-10,18,26H,11-12,25H2/t18-/m1/s1. The van der Waals surface area contributed by atoms with E-state index >= 15 is 0 Å². The van der Waals surface area contributed by atoms with E-state index in [0.29, 0.717) is 5.56 Å². The van der Waals surface area contributed by atoms with Gasteiger partial charge in [0, 0.05) is 6.07 Å². The van der Waals surface area contributed by atoms with Crippen LogP contribution in [0.1, 0.15) is 28.6 Å². The van der Waals surface area contributed by atoms with Gasteiger partial charge in [-0.15, -0.1) is 0 Å². The van der Waals surface area contributed by atoms with Gasteiger partial charge in [0.15, 0.2) is 5.76 Å². The van der Waals surface area contributed by atoms with Crippen molar-refractivity contribution >= 4 is 5.97 Å². The number of carbonyl (C=O) groups excluding carboxylic acids is 1. The number of hydrogen-bond acceptors (Lipinski definition) is 7. The molecule has 1 aromatic heterocycles. The number of aliphatic hydroxyl groups is 1. The highest BCUT2D eigenvalue weighted by molar-refractivity contribution is 5.92. The first-order chi connectivity index (χ1) is 15.0. The third-order valence-corrected chi connectivity index (χ3v) is 4.80. The summed E-state index contributed by atoms with van der Waals surface area (Å²) in [5.74, 6) is -2.81. The predicted molar refractivity (Wildman–Crippen MR) is 107 cm³/mol. The minimum atomic E-state index is -0.994. The molecule has 2 heterocycles. The highest BCUT2D eigenvalue weighted by Gasteiger charge is 2.39. The molecule has 0 aliphatic carbocycles. The second-order valence-electron chi connectivity index (χ2n) is 6.85. The van der Waals surface area contributed by atoms with Crippen LogP contribution in [0.5, 0.6) is 5.75 Å². The summed E-state index contributed by atoms with van der Waals surface area (Å²) in [5.41, 5.74) is 6.54. The van der Waals surface area contributed by atoms with Gasteiger partial charge in [-0.25, -0.2) is 9.18 Å². The van der Waals surface area contributed by atoms with Crippen LogP contribution < -0.4 is 15.9 Å². The molecule has 158 valence electrons. The van der Waals surface area contributed by atoms with Gasteiger partial charge in [-0.1, -0.05) is 42.5 Å². The average Bonchev–Trinajstić information content (AvgIpc) is 2.78. The molecule has 0 saturated carbocycles. The summed E-state index contributed by atoms with van der Waals surface area (Å²) in [5, 5.41) is 9.44. The maximum Gasteiger partial charge on any atom is 0.340 e. The molecule has 1 aliphatic heterocycles. The Morgan fingerprint density at radius 1 is 1.13 bits per heavy atom. The average molecular weight is 423 g/mol. The van der Waals surface area contributed by atoms with E-state index in [0.717, 1.165) is 11.6 Å². The van der Waals surface area contributed by atoms with Crippen LogP contribution >= 0.6 is 0 Å². The molecule has 0 saturated heterocycles. The van der Waals surface area contributed by atoms with Crippen LogP contribution in [-0.2, 0) is 22.7 Å². The van der Waals surface area contributed by atoms with E-state index in [1.807, 2.05) is 18.2 Å². The molecule has 3 N–H and O–H groups in total. The summed E-state index contributed by atoms with van der Waals surface area (Å²) < 4.78 is 30.0. The fourth-order valence-electron chi connectivity index (χ4n) is 3.35. The summed E-state index contributed by atoms with van der Waals surface area (Å²) in [7, 11) is 0. The van der Waals surface area contributed by atoms with E-state index < -0.39 is 29.7 Å². The first kappa shape index (κ1) is 20.4. The van der Waals surface area contributed by atoms with Crippen molar-refractivity contribution in [2.75, 3.05) is 0 Å². The minimum absolute atomic E-state index is 0.0138. The lowest BCUT2D eigenvalue weighted by molar-refractivity contribution is -0.140. The first-order valence-electron chi connectivity index (χ1n) is 9.39. The third kappa shape index (κ3) is 4.06. The molecule has 0 fully saturated rings. The number of ether oxygens (including phenoxy) is 2. The third-order valence-electron chi connectivity index (χ3n) is 4.80. The number of carbonyl (C=O) groups is 1. The molecule has 3 aromatic rings. The lowest BCUT2D eigenvalue weighted by Crippen LogP contribution is -2.30. The SMILES string of the molecule is NC1=C(C(=O)OCc2ccccc2)[C@@H](c2ccc(F)cc2)c2oc(CO)cc(=O)c2O1. The van der Waals surface area contributed by atoms with Crippen molar-refractivity contribution in [3.63, 3.8) is 0 Å². The van der Waals surface area contributed by atoms with Gasteiger partial charge in [0.2, 0.25) is 17.1 Å². The van der Waals surface area contributed by atoms with Crippen molar-refractivity contribution in [2.24, 2.45) is 5.73 Å². The number of benzene rings is 2. The van der Waals surface area contributed by atoms with E-state index in [9.17, 15) is 19.1 Å². The molecule has 0 amide bonds. The highest BCUT2D eigenvalue weighted by Crippen LogP contribution is 2.41. The van der Waals surface area contributed by atoms with Crippen LogP contribution in [0.25, 0.3) is 0 Å². The summed E-state index contributed by atoms with van der Waals surface area (Å²) in [6.45, 7) is -0.550. The molecular weight excluding hydrogens is 405 g/mol. The van der Waals surface area contributed by atoms with Crippen molar-refractivity contribution in [2.45, 2.75) is 19.1 Å². The Bertz CT molecular complexity index is 1200. The lowest BCUT2D eigenvalue weighted by Gasteiger charge is -2.27. The number of halogens is 1. The molecule has 4 rings (SSSR count). The number of fused-ring (bicyclic) bond motifs is 1. The fraction of sp³-hybridized carbons (Fsp3) is 0.130. The predicted octanol–water partition coefficient (Wildman–Crippen LogP) is 2.71. The van der Waals surface area contributed by atoms with E-state index in [2.05, 4.69) is 0 Å². The van der Waals surface area contributed by atoms with E-state index in [4.69, 9.17) is 19.6 Å². The Kier molecular flexibility index (Phi) is 5.55. The van der Waals surface area contributed by atoms with Gasteiger partial charge >= 0.3 is 5.97 Å². The molecule has 0 radical (unpaired) electrons. The van der Waals surface area contributed by atoms with Gasteiger partial charge in [-0.3, -0.25) is 4.79 Å². The topological polar surface area (TPSA) is 112 Å². The zero-order valence-corrected chi connectivity index (χ0v) is 16.2. The maximum atomic E-state index is 13.5. The normalized spacial score (nSPS) is 15.2. The monoisotopic (exact) mass is 423 g/mol. The quantitative estimate of drug-likeness (QED) is 0.607.